The van der Waals surface area contributed by atoms with Crippen molar-refractivity contribution in [2.75, 3.05) is 7.11 Å². The van der Waals surface area contributed by atoms with Crippen molar-refractivity contribution in [1.29, 1.82) is 0 Å². The Labute approximate surface area is 170 Å². The van der Waals surface area contributed by atoms with Gasteiger partial charge in [-0.05, 0) is 47.2 Å². The zero-order chi connectivity index (χ0) is 20.2. The lowest BCUT2D eigenvalue weighted by Gasteiger charge is -2.13. The highest BCUT2D eigenvalue weighted by Crippen LogP contribution is 2.30. The van der Waals surface area contributed by atoms with E-state index in [4.69, 9.17) is 4.74 Å². The average Bonchev–Trinajstić information content (AvgIpc) is 2.78. The molecule has 0 bridgehead atoms. The van der Waals surface area contributed by atoms with Crippen molar-refractivity contribution in [3.05, 3.63) is 95.8 Å². The predicted octanol–water partition coefficient (Wildman–Crippen LogP) is 5.15. The zero-order valence-electron chi connectivity index (χ0n) is 16.5. The number of nitrogens with one attached hydrogen (secondary N) is 1. The standard InChI is InChI=1S/C25H22N2O2/c1-17-7-9-18(10-8-17)20-12-11-19(23-16-26-14-13-21(20)23)15-27-25(28)22-5-3-4-6-24(22)29-2/h3-14,16H,15H2,1-2H3,(H,27,28). The largest absolute Gasteiger partial charge is 0.496 e. The maximum absolute atomic E-state index is 12.6. The molecule has 0 aliphatic carbocycles. The summed E-state index contributed by atoms with van der Waals surface area (Å²) in [6, 6.07) is 21.9. The van der Waals surface area contributed by atoms with Crippen molar-refractivity contribution < 1.29 is 9.53 Å². The van der Waals surface area contributed by atoms with Crippen LogP contribution in [0.15, 0.2) is 79.1 Å². The van der Waals surface area contributed by atoms with Gasteiger partial charge in [0.1, 0.15) is 5.75 Å². The average molecular weight is 382 g/mol. The Kier molecular flexibility index (Phi) is 5.25. The molecule has 4 aromatic rings. The Balaban J connectivity index is 1.64. The van der Waals surface area contributed by atoms with E-state index in [-0.39, 0.29) is 5.91 Å². The van der Waals surface area contributed by atoms with Gasteiger partial charge in [0.15, 0.2) is 0 Å². The molecule has 1 N–H and O–H groups in total. The molecule has 1 aromatic heterocycles. The molecule has 0 unspecified atom stereocenters. The van der Waals surface area contributed by atoms with Gasteiger partial charge in [-0.1, -0.05) is 54.1 Å². The van der Waals surface area contributed by atoms with Crippen LogP contribution in [-0.4, -0.2) is 18.0 Å². The molecule has 4 heteroatoms. The van der Waals surface area contributed by atoms with Crippen molar-refractivity contribution in [3.63, 3.8) is 0 Å². The fourth-order valence-corrected chi connectivity index (χ4v) is 3.49. The number of methoxy groups -OCH3 is 1. The molecule has 1 amide bonds. The van der Waals surface area contributed by atoms with E-state index in [1.807, 2.05) is 24.4 Å². The third-order valence-electron chi connectivity index (χ3n) is 5.06. The molecule has 144 valence electrons. The molecule has 1 heterocycles. The smallest absolute Gasteiger partial charge is 0.255 e. The van der Waals surface area contributed by atoms with Crippen molar-refractivity contribution in [3.8, 4) is 16.9 Å². The molecule has 29 heavy (non-hydrogen) atoms. The Morgan fingerprint density at radius 3 is 2.55 bits per heavy atom. The summed E-state index contributed by atoms with van der Waals surface area (Å²) in [6.45, 7) is 2.49. The number of aryl methyl sites for hydroxylation is 1. The monoisotopic (exact) mass is 382 g/mol. The third kappa shape index (κ3) is 3.83. The van der Waals surface area contributed by atoms with Gasteiger partial charge in [-0.25, -0.2) is 0 Å². The Hall–Kier alpha value is -3.66. The third-order valence-corrected chi connectivity index (χ3v) is 5.06. The highest BCUT2D eigenvalue weighted by atomic mass is 16.5. The van der Waals surface area contributed by atoms with Crippen LogP contribution in [0.1, 0.15) is 21.5 Å². The van der Waals surface area contributed by atoms with E-state index in [1.54, 1.807) is 25.4 Å². The van der Waals surface area contributed by atoms with Crippen LogP contribution in [0.3, 0.4) is 0 Å². The molecule has 4 nitrogen and oxygen atoms in total. The number of aromatic nitrogens is 1. The van der Waals surface area contributed by atoms with E-state index < -0.39 is 0 Å². The number of amides is 1. The fourth-order valence-electron chi connectivity index (χ4n) is 3.49. The number of hydrogen-bond acceptors (Lipinski definition) is 3. The van der Waals surface area contributed by atoms with Crippen LogP contribution in [-0.2, 0) is 6.54 Å². The van der Waals surface area contributed by atoms with E-state index in [2.05, 4.69) is 53.6 Å². The molecule has 0 atom stereocenters. The summed E-state index contributed by atoms with van der Waals surface area (Å²) in [4.78, 5) is 16.9. The molecular weight excluding hydrogens is 360 g/mol. The van der Waals surface area contributed by atoms with E-state index in [1.165, 1.54) is 5.56 Å². The molecule has 0 aliphatic rings. The fraction of sp³-hybridized carbons (Fsp3) is 0.120. The van der Waals surface area contributed by atoms with Gasteiger partial charge in [0.2, 0.25) is 0 Å². The quantitative estimate of drug-likeness (QED) is 0.519. The summed E-state index contributed by atoms with van der Waals surface area (Å²) < 4.78 is 5.29. The maximum Gasteiger partial charge on any atom is 0.255 e. The minimum atomic E-state index is -0.165. The van der Waals surface area contributed by atoms with Crippen molar-refractivity contribution in [1.82, 2.24) is 10.3 Å². The van der Waals surface area contributed by atoms with Crippen LogP contribution in [0.2, 0.25) is 0 Å². The van der Waals surface area contributed by atoms with Gasteiger partial charge in [-0.3, -0.25) is 9.78 Å². The van der Waals surface area contributed by atoms with Crippen molar-refractivity contribution in [2.45, 2.75) is 13.5 Å². The van der Waals surface area contributed by atoms with Crippen molar-refractivity contribution in [2.24, 2.45) is 0 Å². The Morgan fingerprint density at radius 1 is 0.966 bits per heavy atom. The van der Waals surface area contributed by atoms with E-state index >= 15 is 0 Å². The topological polar surface area (TPSA) is 51.2 Å². The van der Waals surface area contributed by atoms with Crippen LogP contribution in [0.4, 0.5) is 0 Å². The number of fused-ring (bicyclic) bond motifs is 1. The first kappa shape index (κ1) is 18.7. The molecule has 3 aromatic carbocycles. The zero-order valence-corrected chi connectivity index (χ0v) is 16.5. The molecular formula is C25H22N2O2. The van der Waals surface area contributed by atoms with Crippen LogP contribution in [0.5, 0.6) is 5.75 Å². The summed E-state index contributed by atoms with van der Waals surface area (Å²) >= 11 is 0. The number of carbonyl (C=O) groups excluding carboxylic acids is 1. The van der Waals surface area contributed by atoms with E-state index in [0.717, 1.165) is 27.5 Å². The van der Waals surface area contributed by atoms with Gasteiger partial charge in [-0.15, -0.1) is 0 Å². The summed E-state index contributed by atoms with van der Waals surface area (Å²) in [5.74, 6) is 0.397. The summed E-state index contributed by atoms with van der Waals surface area (Å²) in [5, 5.41) is 5.15. The molecule has 0 saturated heterocycles. The Bertz CT molecular complexity index is 1170. The SMILES string of the molecule is COc1ccccc1C(=O)NCc1ccc(-c2ccc(C)cc2)c2ccncc12. The first-order valence-corrected chi connectivity index (χ1v) is 9.51. The van der Waals surface area contributed by atoms with Crippen LogP contribution < -0.4 is 10.1 Å². The number of nitrogens with zero attached hydrogens (tertiary/aromatic N) is 1. The van der Waals surface area contributed by atoms with E-state index in [0.29, 0.717) is 17.9 Å². The number of rotatable bonds is 5. The number of para-hydroxylation sites is 1. The number of pyridine rings is 1. The lowest BCUT2D eigenvalue weighted by Crippen LogP contribution is -2.23. The predicted molar refractivity (Wildman–Crippen MR) is 116 cm³/mol. The highest BCUT2D eigenvalue weighted by molar-refractivity contribution is 5.99. The number of benzene rings is 3. The molecule has 0 spiro atoms. The van der Waals surface area contributed by atoms with Crippen LogP contribution in [0, 0.1) is 6.92 Å². The molecule has 0 fully saturated rings. The van der Waals surface area contributed by atoms with E-state index in [9.17, 15) is 4.79 Å². The lowest BCUT2D eigenvalue weighted by atomic mass is 9.95. The molecule has 0 aliphatic heterocycles. The molecule has 4 rings (SSSR count). The van der Waals surface area contributed by atoms with Gasteiger partial charge >= 0.3 is 0 Å². The highest BCUT2D eigenvalue weighted by Gasteiger charge is 2.13. The molecule has 0 saturated carbocycles. The van der Waals surface area contributed by atoms with Crippen LogP contribution in [0.25, 0.3) is 21.9 Å². The summed E-state index contributed by atoms with van der Waals surface area (Å²) in [7, 11) is 1.56. The van der Waals surface area contributed by atoms with Gasteiger partial charge in [0, 0.05) is 24.3 Å². The first-order valence-electron chi connectivity index (χ1n) is 9.51. The number of ether oxygens (including phenoxy) is 1. The second kappa shape index (κ2) is 8.15. The minimum absolute atomic E-state index is 0.165. The van der Waals surface area contributed by atoms with Gasteiger partial charge < -0.3 is 10.1 Å². The van der Waals surface area contributed by atoms with Gasteiger partial charge in [0.25, 0.3) is 5.91 Å². The normalized spacial score (nSPS) is 10.7. The summed E-state index contributed by atoms with van der Waals surface area (Å²) in [6.07, 6.45) is 3.66. The molecule has 0 radical (unpaired) electrons. The lowest BCUT2D eigenvalue weighted by molar-refractivity contribution is 0.0948. The van der Waals surface area contributed by atoms with Gasteiger partial charge in [0.05, 0.1) is 12.7 Å². The van der Waals surface area contributed by atoms with Crippen molar-refractivity contribution >= 4 is 16.7 Å². The second-order valence-corrected chi connectivity index (χ2v) is 6.94. The second-order valence-electron chi connectivity index (χ2n) is 6.94. The number of carbonyl (C=O) groups is 1. The Morgan fingerprint density at radius 2 is 1.76 bits per heavy atom. The summed E-state index contributed by atoms with van der Waals surface area (Å²) in [5.41, 5.74) is 5.09. The van der Waals surface area contributed by atoms with Crippen LogP contribution >= 0.6 is 0 Å². The number of hydrogen-bond donors (Lipinski definition) is 1. The van der Waals surface area contributed by atoms with Gasteiger partial charge in [-0.2, -0.15) is 0 Å². The first-order chi connectivity index (χ1) is 14.2. The maximum atomic E-state index is 12.6. The minimum Gasteiger partial charge on any atom is -0.496 e.